The van der Waals surface area contributed by atoms with Gasteiger partial charge in [0, 0.05) is 0 Å². The van der Waals surface area contributed by atoms with Crippen LogP contribution >= 0.6 is 0 Å². The Bertz CT molecular complexity index is 736. The minimum absolute atomic E-state index is 0.0474. The molecule has 10 heteroatoms. The molecule has 0 bridgehead atoms. The van der Waals surface area contributed by atoms with E-state index in [0.717, 1.165) is 0 Å². The molecule has 1 amide bonds. The van der Waals surface area contributed by atoms with Crippen molar-refractivity contribution in [2.75, 3.05) is 5.73 Å². The molecule has 2 rings (SSSR count). The Hall–Kier alpha value is -2.91. The maximum Gasteiger partial charge on any atom is 0.408 e. The highest BCUT2D eigenvalue weighted by Gasteiger charge is 2.25. The molecule has 2 aromatic heterocycles. The fourth-order valence-electron chi connectivity index (χ4n) is 1.83. The molecule has 0 saturated heterocycles. The van der Waals surface area contributed by atoms with Crippen molar-refractivity contribution in [3.8, 4) is 0 Å². The molecule has 0 aliphatic heterocycles. The first-order chi connectivity index (χ1) is 10.7. The number of aliphatic carboxylic acids is 1. The molecule has 4 N–H and O–H groups in total. The number of rotatable bonds is 4. The predicted molar refractivity (Wildman–Crippen MR) is 80.5 cm³/mol. The number of ether oxygens (including phenoxy) is 1. The summed E-state index contributed by atoms with van der Waals surface area (Å²) >= 11 is 0. The van der Waals surface area contributed by atoms with Crippen LogP contribution in [0.2, 0.25) is 0 Å². The Morgan fingerprint density at radius 1 is 1.43 bits per heavy atom. The molecule has 10 nitrogen and oxygen atoms in total. The van der Waals surface area contributed by atoms with Crippen molar-refractivity contribution in [3.05, 3.63) is 12.5 Å². The number of nitrogen functional groups attached to an aromatic ring is 1. The number of hydrogen-bond donors (Lipinski definition) is 3. The van der Waals surface area contributed by atoms with Crippen LogP contribution in [0, 0.1) is 0 Å². The average Bonchev–Trinajstić information content (AvgIpc) is 2.78. The van der Waals surface area contributed by atoms with E-state index in [1.807, 2.05) is 0 Å². The largest absolute Gasteiger partial charge is 0.480 e. The second kappa shape index (κ2) is 6.07. The molecule has 0 aliphatic rings. The van der Waals surface area contributed by atoms with Crippen LogP contribution in [0.25, 0.3) is 11.2 Å². The second-order valence-corrected chi connectivity index (χ2v) is 5.87. The van der Waals surface area contributed by atoms with Crippen molar-refractivity contribution in [1.82, 2.24) is 24.8 Å². The number of nitrogens with one attached hydrogen (secondary N) is 1. The van der Waals surface area contributed by atoms with Gasteiger partial charge in [0.05, 0.1) is 19.1 Å². The topological polar surface area (TPSA) is 145 Å². The van der Waals surface area contributed by atoms with Crippen molar-refractivity contribution >= 4 is 29.2 Å². The van der Waals surface area contributed by atoms with Gasteiger partial charge in [0.15, 0.2) is 5.65 Å². The summed E-state index contributed by atoms with van der Waals surface area (Å²) in [5.74, 6) is -1.16. The quantitative estimate of drug-likeness (QED) is 0.732. The third-order valence-corrected chi connectivity index (χ3v) is 2.75. The molecule has 0 fully saturated rings. The van der Waals surface area contributed by atoms with Gasteiger partial charge >= 0.3 is 12.1 Å². The van der Waals surface area contributed by atoms with Gasteiger partial charge < -0.3 is 25.5 Å². The molecule has 0 saturated carbocycles. The molecule has 0 aliphatic carbocycles. The van der Waals surface area contributed by atoms with Gasteiger partial charge in [-0.1, -0.05) is 0 Å². The number of hydrogen-bond acceptors (Lipinski definition) is 7. The first-order valence-corrected chi connectivity index (χ1v) is 6.81. The smallest absolute Gasteiger partial charge is 0.408 e. The summed E-state index contributed by atoms with van der Waals surface area (Å²) in [4.78, 5) is 35.0. The van der Waals surface area contributed by atoms with E-state index in [9.17, 15) is 14.7 Å². The molecule has 2 heterocycles. The van der Waals surface area contributed by atoms with Gasteiger partial charge in [0.1, 0.15) is 17.2 Å². The summed E-state index contributed by atoms with van der Waals surface area (Å²) in [5, 5.41) is 11.6. The number of imidazole rings is 1. The highest BCUT2D eigenvalue weighted by molar-refractivity contribution is 5.80. The third-order valence-electron chi connectivity index (χ3n) is 2.75. The van der Waals surface area contributed by atoms with E-state index < -0.39 is 23.7 Å². The van der Waals surface area contributed by atoms with Gasteiger partial charge in [-0.25, -0.2) is 19.6 Å². The van der Waals surface area contributed by atoms with Gasteiger partial charge in [-0.05, 0) is 20.8 Å². The van der Waals surface area contributed by atoms with Gasteiger partial charge in [0.25, 0.3) is 0 Å². The lowest BCUT2D eigenvalue weighted by atomic mass is 10.2. The Balaban J connectivity index is 2.17. The van der Waals surface area contributed by atoms with Crippen molar-refractivity contribution < 1.29 is 19.4 Å². The van der Waals surface area contributed by atoms with Crippen molar-refractivity contribution in [1.29, 1.82) is 0 Å². The zero-order chi connectivity index (χ0) is 17.2. The van der Waals surface area contributed by atoms with Gasteiger partial charge in [-0.15, -0.1) is 0 Å². The van der Waals surface area contributed by atoms with Gasteiger partial charge in [-0.3, -0.25) is 0 Å². The first kappa shape index (κ1) is 16.5. The molecular formula is C13H18N6O4. The lowest BCUT2D eigenvalue weighted by molar-refractivity contribution is -0.139. The normalized spacial score (nSPS) is 12.8. The lowest BCUT2D eigenvalue weighted by Gasteiger charge is -2.22. The summed E-state index contributed by atoms with van der Waals surface area (Å²) in [5.41, 5.74) is 5.65. The average molecular weight is 322 g/mol. The molecule has 2 aromatic rings. The number of carboxylic acids is 1. The van der Waals surface area contributed by atoms with E-state index in [1.165, 1.54) is 17.1 Å². The van der Waals surface area contributed by atoms with Gasteiger partial charge in [0.2, 0.25) is 5.95 Å². The summed E-state index contributed by atoms with van der Waals surface area (Å²) in [7, 11) is 0. The number of nitrogens with two attached hydrogens (primary N) is 1. The maximum atomic E-state index is 11.8. The van der Waals surface area contributed by atoms with E-state index >= 15 is 0 Å². The molecule has 1 atom stereocenters. The Morgan fingerprint density at radius 3 is 2.74 bits per heavy atom. The molecule has 0 unspecified atom stereocenters. The molecule has 0 aromatic carbocycles. The number of carbonyl (C=O) groups is 2. The molecule has 23 heavy (non-hydrogen) atoms. The number of fused-ring (bicyclic) bond motifs is 1. The predicted octanol–water partition coefficient (Wildman–Crippen LogP) is 0.386. The van der Waals surface area contributed by atoms with Crippen LogP contribution < -0.4 is 11.1 Å². The Morgan fingerprint density at radius 2 is 2.13 bits per heavy atom. The van der Waals surface area contributed by atoms with Crippen LogP contribution in [0.1, 0.15) is 20.8 Å². The SMILES string of the molecule is CC(C)(C)OC(=O)N[C@@H](Cn1cnc2cnc(N)nc21)C(=O)O. The monoisotopic (exact) mass is 322 g/mol. The fraction of sp³-hybridized carbons (Fsp3) is 0.462. The van der Waals surface area contributed by atoms with E-state index in [-0.39, 0.29) is 12.5 Å². The van der Waals surface area contributed by atoms with E-state index in [2.05, 4.69) is 20.3 Å². The number of carboxylic acid groups (broad SMARTS) is 1. The summed E-state index contributed by atoms with van der Waals surface area (Å²) in [6, 6.07) is -1.21. The number of nitrogens with zero attached hydrogens (tertiary/aromatic N) is 4. The fourth-order valence-corrected chi connectivity index (χ4v) is 1.83. The summed E-state index contributed by atoms with van der Waals surface area (Å²) in [6.07, 6.45) is 2.03. The zero-order valence-corrected chi connectivity index (χ0v) is 13.0. The number of aromatic nitrogens is 4. The molecular weight excluding hydrogens is 304 g/mol. The van der Waals surface area contributed by atoms with E-state index in [1.54, 1.807) is 20.8 Å². The lowest BCUT2D eigenvalue weighted by Crippen LogP contribution is -2.45. The molecule has 0 spiro atoms. The van der Waals surface area contributed by atoms with Crippen LogP contribution in [-0.4, -0.2) is 48.3 Å². The summed E-state index contributed by atoms with van der Waals surface area (Å²) in [6.45, 7) is 4.98. The number of alkyl carbamates (subject to hydrolysis) is 1. The highest BCUT2D eigenvalue weighted by atomic mass is 16.6. The minimum Gasteiger partial charge on any atom is -0.480 e. The minimum atomic E-state index is -1.21. The first-order valence-electron chi connectivity index (χ1n) is 6.81. The molecule has 124 valence electrons. The Kier molecular flexibility index (Phi) is 4.34. The molecule has 0 radical (unpaired) electrons. The van der Waals surface area contributed by atoms with Crippen LogP contribution in [0.3, 0.4) is 0 Å². The van der Waals surface area contributed by atoms with E-state index in [0.29, 0.717) is 11.2 Å². The van der Waals surface area contributed by atoms with Crippen LogP contribution in [0.4, 0.5) is 10.7 Å². The highest BCUT2D eigenvalue weighted by Crippen LogP contribution is 2.11. The number of carbonyl (C=O) groups excluding carboxylic acids is 1. The van der Waals surface area contributed by atoms with Crippen LogP contribution in [0.5, 0.6) is 0 Å². The standard InChI is InChI=1S/C13H18N6O4/c1-13(2,3)23-12(22)17-8(10(20)21)5-19-6-16-7-4-15-11(14)18-9(7)19/h4,6,8H,5H2,1-3H3,(H,17,22)(H,20,21)(H2,14,15,18)/t8-/m0/s1. The van der Waals surface area contributed by atoms with Crippen LogP contribution in [-0.2, 0) is 16.1 Å². The number of anilines is 1. The third kappa shape index (κ3) is 4.28. The summed E-state index contributed by atoms with van der Waals surface area (Å²) < 4.78 is 6.54. The Labute approximate surface area is 131 Å². The number of amides is 1. The van der Waals surface area contributed by atoms with Crippen LogP contribution in [0.15, 0.2) is 12.5 Å². The van der Waals surface area contributed by atoms with Crippen molar-refractivity contribution in [2.24, 2.45) is 0 Å². The van der Waals surface area contributed by atoms with Crippen molar-refractivity contribution in [3.63, 3.8) is 0 Å². The maximum absolute atomic E-state index is 11.8. The second-order valence-electron chi connectivity index (χ2n) is 5.87. The van der Waals surface area contributed by atoms with E-state index in [4.69, 9.17) is 10.5 Å². The van der Waals surface area contributed by atoms with Gasteiger partial charge in [-0.2, -0.15) is 4.98 Å². The zero-order valence-electron chi connectivity index (χ0n) is 13.0. The van der Waals surface area contributed by atoms with Crippen molar-refractivity contribution in [2.45, 2.75) is 39.0 Å².